The Bertz CT molecular complexity index is 439. The first-order valence-electron chi connectivity index (χ1n) is 7.61. The predicted octanol–water partition coefficient (Wildman–Crippen LogP) is 1.35. The fourth-order valence-electron chi connectivity index (χ4n) is 3.29. The number of para-hydroxylation sites is 1. The standard InChI is InChI=1S/C16H25N3O/c1-13(15-5-3-4-6-16(15)20-2)19-11-14(12-19)18-9-7-17-8-10-18/h3-6,13-14,17H,7-12H2,1-2H3. The van der Waals surface area contributed by atoms with Crippen LogP contribution in [0.5, 0.6) is 5.75 Å². The second-order valence-electron chi connectivity index (χ2n) is 5.81. The highest BCUT2D eigenvalue weighted by molar-refractivity contribution is 5.35. The second kappa shape index (κ2) is 6.12. The molecule has 3 rings (SSSR count). The number of likely N-dealkylation sites (tertiary alicyclic amines) is 1. The van der Waals surface area contributed by atoms with Gasteiger partial charge in [0.15, 0.2) is 0 Å². The Morgan fingerprint density at radius 1 is 1.20 bits per heavy atom. The van der Waals surface area contributed by atoms with Crippen LogP contribution in [-0.2, 0) is 0 Å². The van der Waals surface area contributed by atoms with Gasteiger partial charge in [0, 0.05) is 56.9 Å². The minimum atomic E-state index is 0.435. The average molecular weight is 275 g/mol. The number of rotatable bonds is 4. The zero-order valence-electron chi connectivity index (χ0n) is 12.5. The summed E-state index contributed by atoms with van der Waals surface area (Å²) in [7, 11) is 1.76. The van der Waals surface area contributed by atoms with Gasteiger partial charge >= 0.3 is 0 Å². The minimum absolute atomic E-state index is 0.435. The second-order valence-corrected chi connectivity index (χ2v) is 5.81. The lowest BCUT2D eigenvalue weighted by atomic mass is 9.98. The van der Waals surface area contributed by atoms with Crippen molar-refractivity contribution in [2.75, 3.05) is 46.4 Å². The van der Waals surface area contributed by atoms with Gasteiger partial charge in [-0.25, -0.2) is 0 Å². The van der Waals surface area contributed by atoms with E-state index in [1.165, 1.54) is 31.7 Å². The molecular formula is C16H25N3O. The van der Waals surface area contributed by atoms with Gasteiger partial charge in [-0.2, -0.15) is 0 Å². The largest absolute Gasteiger partial charge is 0.496 e. The van der Waals surface area contributed by atoms with Crippen molar-refractivity contribution in [2.24, 2.45) is 0 Å². The van der Waals surface area contributed by atoms with E-state index >= 15 is 0 Å². The van der Waals surface area contributed by atoms with E-state index in [4.69, 9.17) is 4.74 Å². The van der Waals surface area contributed by atoms with E-state index in [2.05, 4.69) is 40.2 Å². The van der Waals surface area contributed by atoms with Crippen LogP contribution in [0.3, 0.4) is 0 Å². The molecule has 0 aromatic heterocycles. The highest BCUT2D eigenvalue weighted by atomic mass is 16.5. The predicted molar refractivity (Wildman–Crippen MR) is 81.2 cm³/mol. The summed E-state index contributed by atoms with van der Waals surface area (Å²) in [5.74, 6) is 1.01. The Hall–Kier alpha value is -1.10. The number of nitrogens with zero attached hydrogens (tertiary/aromatic N) is 2. The van der Waals surface area contributed by atoms with Crippen LogP contribution in [0, 0.1) is 0 Å². The third-order valence-corrected chi connectivity index (χ3v) is 4.70. The van der Waals surface area contributed by atoms with E-state index in [1.54, 1.807) is 7.11 Å². The molecule has 1 aromatic rings. The molecule has 0 saturated carbocycles. The topological polar surface area (TPSA) is 27.7 Å². The molecule has 2 heterocycles. The summed E-state index contributed by atoms with van der Waals surface area (Å²) in [5, 5.41) is 3.42. The van der Waals surface area contributed by atoms with Crippen LogP contribution in [0.4, 0.5) is 0 Å². The normalized spacial score (nSPS) is 23.3. The Morgan fingerprint density at radius 2 is 1.90 bits per heavy atom. The van der Waals surface area contributed by atoms with Gasteiger partial charge in [-0.1, -0.05) is 18.2 Å². The molecule has 0 spiro atoms. The minimum Gasteiger partial charge on any atom is -0.496 e. The SMILES string of the molecule is COc1ccccc1C(C)N1CC(N2CCNCC2)C1. The van der Waals surface area contributed by atoms with E-state index in [9.17, 15) is 0 Å². The number of hydrogen-bond donors (Lipinski definition) is 1. The fraction of sp³-hybridized carbons (Fsp3) is 0.625. The monoisotopic (exact) mass is 275 g/mol. The lowest BCUT2D eigenvalue weighted by Crippen LogP contribution is -2.62. The summed E-state index contributed by atoms with van der Waals surface area (Å²) in [6.07, 6.45) is 0. The van der Waals surface area contributed by atoms with E-state index in [0.717, 1.165) is 24.9 Å². The van der Waals surface area contributed by atoms with Crippen molar-refractivity contribution < 1.29 is 4.74 Å². The number of nitrogens with one attached hydrogen (secondary N) is 1. The summed E-state index contributed by atoms with van der Waals surface area (Å²) in [6, 6.07) is 9.55. The molecule has 110 valence electrons. The Kier molecular flexibility index (Phi) is 4.24. The molecule has 1 aromatic carbocycles. The van der Waals surface area contributed by atoms with E-state index < -0.39 is 0 Å². The zero-order chi connectivity index (χ0) is 13.9. The maximum absolute atomic E-state index is 5.48. The lowest BCUT2D eigenvalue weighted by Gasteiger charge is -2.49. The zero-order valence-corrected chi connectivity index (χ0v) is 12.5. The molecule has 0 bridgehead atoms. The van der Waals surface area contributed by atoms with Crippen LogP contribution >= 0.6 is 0 Å². The highest BCUT2D eigenvalue weighted by Crippen LogP contribution is 2.32. The van der Waals surface area contributed by atoms with Crippen LogP contribution in [-0.4, -0.2) is 62.2 Å². The van der Waals surface area contributed by atoms with Crippen molar-refractivity contribution in [1.29, 1.82) is 0 Å². The maximum atomic E-state index is 5.48. The summed E-state index contributed by atoms with van der Waals surface area (Å²) in [6.45, 7) is 9.31. The van der Waals surface area contributed by atoms with Crippen molar-refractivity contribution >= 4 is 0 Å². The molecule has 1 unspecified atom stereocenters. The smallest absolute Gasteiger partial charge is 0.123 e. The summed E-state index contributed by atoms with van der Waals surface area (Å²) >= 11 is 0. The molecular weight excluding hydrogens is 250 g/mol. The molecule has 2 aliphatic rings. The van der Waals surface area contributed by atoms with Crippen LogP contribution in [0.15, 0.2) is 24.3 Å². The molecule has 2 aliphatic heterocycles. The number of methoxy groups -OCH3 is 1. The van der Waals surface area contributed by atoms with Gasteiger partial charge in [0.1, 0.15) is 5.75 Å². The molecule has 2 saturated heterocycles. The van der Waals surface area contributed by atoms with Gasteiger partial charge in [-0.05, 0) is 13.0 Å². The number of ether oxygens (including phenoxy) is 1. The molecule has 1 N–H and O–H groups in total. The first-order chi connectivity index (χ1) is 9.79. The first-order valence-corrected chi connectivity index (χ1v) is 7.61. The van der Waals surface area contributed by atoms with E-state index in [1.807, 2.05) is 6.07 Å². The summed E-state index contributed by atoms with van der Waals surface area (Å²) in [5.41, 5.74) is 1.30. The summed E-state index contributed by atoms with van der Waals surface area (Å²) < 4.78 is 5.48. The fourth-order valence-corrected chi connectivity index (χ4v) is 3.29. The van der Waals surface area contributed by atoms with Crippen molar-refractivity contribution in [3.05, 3.63) is 29.8 Å². The average Bonchev–Trinajstić information content (AvgIpc) is 2.46. The molecule has 4 nitrogen and oxygen atoms in total. The molecule has 20 heavy (non-hydrogen) atoms. The number of hydrogen-bond acceptors (Lipinski definition) is 4. The molecule has 1 atom stereocenters. The van der Waals surface area contributed by atoms with E-state index in [-0.39, 0.29) is 0 Å². The number of benzene rings is 1. The number of piperazine rings is 1. The maximum Gasteiger partial charge on any atom is 0.123 e. The van der Waals surface area contributed by atoms with Gasteiger partial charge in [0.25, 0.3) is 0 Å². The van der Waals surface area contributed by atoms with Gasteiger partial charge in [-0.3, -0.25) is 9.80 Å². The first kappa shape index (κ1) is 13.9. The highest BCUT2D eigenvalue weighted by Gasteiger charge is 2.35. The molecule has 0 aliphatic carbocycles. The van der Waals surface area contributed by atoms with Gasteiger partial charge in [0.2, 0.25) is 0 Å². The van der Waals surface area contributed by atoms with Gasteiger partial charge in [-0.15, -0.1) is 0 Å². The summed E-state index contributed by atoms with van der Waals surface area (Å²) in [4.78, 5) is 5.17. The Balaban J connectivity index is 1.58. The van der Waals surface area contributed by atoms with Crippen LogP contribution < -0.4 is 10.1 Å². The third-order valence-electron chi connectivity index (χ3n) is 4.70. The van der Waals surface area contributed by atoms with Crippen LogP contribution in [0.25, 0.3) is 0 Å². The molecule has 0 radical (unpaired) electrons. The van der Waals surface area contributed by atoms with Crippen LogP contribution in [0.2, 0.25) is 0 Å². The third kappa shape index (κ3) is 2.68. The van der Waals surface area contributed by atoms with Gasteiger partial charge in [0.05, 0.1) is 7.11 Å². The molecule has 2 fully saturated rings. The van der Waals surface area contributed by atoms with E-state index in [0.29, 0.717) is 6.04 Å². The molecule has 4 heteroatoms. The van der Waals surface area contributed by atoms with Crippen molar-refractivity contribution in [1.82, 2.24) is 15.1 Å². The van der Waals surface area contributed by atoms with Crippen molar-refractivity contribution in [3.63, 3.8) is 0 Å². The van der Waals surface area contributed by atoms with Crippen LogP contribution in [0.1, 0.15) is 18.5 Å². The Labute approximate surface area is 121 Å². The van der Waals surface area contributed by atoms with Crippen molar-refractivity contribution in [2.45, 2.75) is 19.0 Å². The van der Waals surface area contributed by atoms with Crippen molar-refractivity contribution in [3.8, 4) is 5.75 Å². The Morgan fingerprint density at radius 3 is 2.60 bits per heavy atom. The van der Waals surface area contributed by atoms with Gasteiger partial charge < -0.3 is 10.1 Å². The lowest BCUT2D eigenvalue weighted by molar-refractivity contribution is 0.00297. The molecule has 0 amide bonds. The quantitative estimate of drug-likeness (QED) is 0.897.